The van der Waals surface area contributed by atoms with Crippen molar-refractivity contribution in [2.24, 2.45) is 0 Å². The Morgan fingerprint density at radius 1 is 1.12 bits per heavy atom. The summed E-state index contributed by atoms with van der Waals surface area (Å²) in [5, 5.41) is 3.62. The van der Waals surface area contributed by atoms with Gasteiger partial charge in [-0.05, 0) is 64.6 Å². The predicted octanol–water partition coefficient (Wildman–Crippen LogP) is 3.42. The second kappa shape index (κ2) is 11.0. The van der Waals surface area contributed by atoms with Crippen LogP contribution < -0.4 is 10.9 Å². The summed E-state index contributed by atoms with van der Waals surface area (Å²) in [6, 6.07) is 7.56. The van der Waals surface area contributed by atoms with Crippen molar-refractivity contribution < 1.29 is 9.35 Å². The first kappa shape index (κ1) is 24.3. The van der Waals surface area contributed by atoms with Crippen molar-refractivity contribution in [1.82, 2.24) is 19.5 Å². The largest absolute Gasteiger partial charge is 0.593 e. The molecule has 2 fully saturated rings. The fourth-order valence-electron chi connectivity index (χ4n) is 5.05. The van der Waals surface area contributed by atoms with Crippen molar-refractivity contribution >= 4 is 28.2 Å². The van der Waals surface area contributed by atoms with E-state index in [9.17, 15) is 14.1 Å². The van der Waals surface area contributed by atoms with E-state index in [1.165, 1.54) is 25.3 Å². The minimum atomic E-state index is -1.29. The maximum Gasteiger partial charge on any atom is 0.252 e. The summed E-state index contributed by atoms with van der Waals surface area (Å²) in [5.74, 6) is -0.257. The van der Waals surface area contributed by atoms with E-state index >= 15 is 0 Å². The van der Waals surface area contributed by atoms with E-state index in [4.69, 9.17) is 0 Å². The number of aromatic nitrogens is 1. The third-order valence-corrected chi connectivity index (χ3v) is 8.69. The number of hydrogen-bond donors (Lipinski definition) is 2. The molecule has 3 atom stereocenters. The molecule has 3 unspecified atom stereocenters. The summed E-state index contributed by atoms with van der Waals surface area (Å²) in [7, 11) is 0. The molecule has 1 aromatic heterocycles. The number of benzene rings is 1. The van der Waals surface area contributed by atoms with Gasteiger partial charge in [0, 0.05) is 48.7 Å². The number of amides is 1. The van der Waals surface area contributed by atoms with Gasteiger partial charge in [0.2, 0.25) is 5.56 Å². The van der Waals surface area contributed by atoms with Gasteiger partial charge in [0.15, 0.2) is 4.90 Å². The van der Waals surface area contributed by atoms with Crippen molar-refractivity contribution in [3.8, 4) is 0 Å². The summed E-state index contributed by atoms with van der Waals surface area (Å²) in [4.78, 5) is 31.1. The molecule has 2 aromatic rings. The van der Waals surface area contributed by atoms with Crippen molar-refractivity contribution in [3.05, 3.63) is 40.2 Å². The minimum absolute atomic E-state index is 0.257. The van der Waals surface area contributed by atoms with E-state index in [1.807, 2.05) is 4.31 Å². The number of piperidine rings is 2. The summed E-state index contributed by atoms with van der Waals surface area (Å²) >= 11 is -1.29. The zero-order valence-electron chi connectivity index (χ0n) is 19.8. The molecule has 8 heteroatoms. The summed E-state index contributed by atoms with van der Waals surface area (Å²) in [6.45, 7) is 7.84. The monoisotopic (exact) mass is 472 g/mol. The lowest BCUT2D eigenvalue weighted by atomic mass is 10.0. The normalized spacial score (nSPS) is 23.5. The van der Waals surface area contributed by atoms with Gasteiger partial charge in [0.05, 0.1) is 23.0 Å². The molecular formula is C25H36N4O3S. The number of carbonyl (C=O) groups excluding carboxylic acids is 1. The van der Waals surface area contributed by atoms with E-state index in [1.54, 1.807) is 18.2 Å². The van der Waals surface area contributed by atoms with Crippen molar-refractivity contribution in [3.63, 3.8) is 0 Å². The van der Waals surface area contributed by atoms with Gasteiger partial charge in [-0.15, -0.1) is 4.31 Å². The molecule has 2 aliphatic rings. The molecule has 180 valence electrons. The molecule has 0 saturated carbocycles. The number of nitrogens with one attached hydrogen (secondary N) is 2. The highest BCUT2D eigenvalue weighted by atomic mass is 32.2. The third-order valence-electron chi connectivity index (χ3n) is 7.06. The van der Waals surface area contributed by atoms with Crippen LogP contribution in [0.5, 0.6) is 0 Å². The van der Waals surface area contributed by atoms with Crippen LogP contribution in [0.15, 0.2) is 34.0 Å². The van der Waals surface area contributed by atoms with Gasteiger partial charge in [-0.25, -0.2) is 0 Å². The maximum absolute atomic E-state index is 13.2. The van der Waals surface area contributed by atoms with Crippen molar-refractivity contribution in [2.45, 2.75) is 75.8 Å². The fourth-order valence-corrected chi connectivity index (χ4v) is 6.45. The fraction of sp³-hybridized carbons (Fsp3) is 0.600. The predicted molar refractivity (Wildman–Crippen MR) is 133 cm³/mol. The molecule has 2 saturated heterocycles. The number of rotatable bonds is 7. The number of likely N-dealkylation sites (tertiary alicyclic amines) is 1. The van der Waals surface area contributed by atoms with Gasteiger partial charge in [-0.2, -0.15) is 0 Å². The average Bonchev–Trinajstić information content (AvgIpc) is 2.81. The number of H-pyrrole nitrogens is 1. The van der Waals surface area contributed by atoms with Crippen LogP contribution in [0.25, 0.3) is 10.9 Å². The van der Waals surface area contributed by atoms with Crippen molar-refractivity contribution in [1.29, 1.82) is 0 Å². The molecule has 1 aromatic carbocycles. The smallest absolute Gasteiger partial charge is 0.252 e. The summed E-state index contributed by atoms with van der Waals surface area (Å²) < 4.78 is 15.3. The highest BCUT2D eigenvalue weighted by molar-refractivity contribution is 7.89. The Kier molecular flexibility index (Phi) is 8.11. The maximum atomic E-state index is 13.2. The van der Waals surface area contributed by atoms with Crippen LogP contribution in [-0.2, 0) is 11.4 Å². The van der Waals surface area contributed by atoms with Crippen LogP contribution in [0.2, 0.25) is 0 Å². The Bertz CT molecular complexity index is 1030. The molecule has 33 heavy (non-hydrogen) atoms. The second-order valence-corrected chi connectivity index (χ2v) is 10.9. The highest BCUT2D eigenvalue weighted by Gasteiger charge is 2.30. The third kappa shape index (κ3) is 5.80. The number of hydrogen-bond acceptors (Lipinski definition) is 5. The molecule has 3 heterocycles. The van der Waals surface area contributed by atoms with Gasteiger partial charge in [-0.1, -0.05) is 12.8 Å². The topological polar surface area (TPSA) is 91.5 Å². The van der Waals surface area contributed by atoms with Crippen LogP contribution in [0.4, 0.5) is 0 Å². The van der Waals surface area contributed by atoms with Gasteiger partial charge < -0.3 is 19.8 Å². The van der Waals surface area contributed by atoms with Crippen LogP contribution in [0.3, 0.4) is 0 Å². The number of carbonyl (C=O) groups is 1. The molecule has 0 radical (unpaired) electrons. The molecule has 4 rings (SSSR count). The van der Waals surface area contributed by atoms with Crippen LogP contribution >= 0.6 is 0 Å². The zero-order valence-corrected chi connectivity index (χ0v) is 20.6. The lowest BCUT2D eigenvalue weighted by molar-refractivity contribution is 0.0950. The SMILES string of the molecule is CC1CCCCN1CCCNC(=O)c1cc(=O)[nH]c2ccc([S+]([O-])N3CCCCC3C)cc12. The Morgan fingerprint density at radius 3 is 2.64 bits per heavy atom. The van der Waals surface area contributed by atoms with E-state index in [0.29, 0.717) is 33.9 Å². The quantitative estimate of drug-likeness (QED) is 0.476. The average molecular weight is 473 g/mol. The molecule has 0 bridgehead atoms. The van der Waals surface area contributed by atoms with Crippen LogP contribution in [0, 0.1) is 0 Å². The van der Waals surface area contributed by atoms with E-state index in [0.717, 1.165) is 45.3 Å². The lowest BCUT2D eigenvalue weighted by Gasteiger charge is -2.33. The number of nitrogens with zero attached hydrogens (tertiary/aromatic N) is 2. The molecule has 2 aliphatic heterocycles. The highest BCUT2D eigenvalue weighted by Crippen LogP contribution is 2.27. The first-order chi connectivity index (χ1) is 15.9. The number of aromatic amines is 1. The van der Waals surface area contributed by atoms with Gasteiger partial charge in [-0.3, -0.25) is 9.59 Å². The Labute approximate surface area is 199 Å². The summed E-state index contributed by atoms with van der Waals surface area (Å²) in [6.07, 6.45) is 7.90. The van der Waals surface area contributed by atoms with E-state index in [2.05, 4.69) is 29.0 Å². The minimum Gasteiger partial charge on any atom is -0.593 e. The Hall–Kier alpha value is -1.87. The van der Waals surface area contributed by atoms with E-state index in [-0.39, 0.29) is 17.5 Å². The molecule has 0 aliphatic carbocycles. The van der Waals surface area contributed by atoms with Crippen LogP contribution in [-0.4, -0.2) is 62.9 Å². The standard InChI is InChI=1S/C25H36N4O3S/c1-18-8-3-5-13-28(18)14-7-12-26-25(31)22-17-24(30)27-23-11-10-20(16-21(22)23)33(32)29-15-6-4-9-19(29)2/h10-11,16-19H,3-9,12-15H2,1-2H3,(H,26,31)(H,27,30). The lowest BCUT2D eigenvalue weighted by Crippen LogP contribution is -2.41. The first-order valence-corrected chi connectivity index (χ1v) is 13.4. The second-order valence-electron chi connectivity index (χ2n) is 9.48. The molecule has 2 N–H and O–H groups in total. The number of fused-ring (bicyclic) bond motifs is 1. The number of pyridine rings is 1. The van der Waals surface area contributed by atoms with Gasteiger partial charge in [0.25, 0.3) is 5.91 Å². The molecule has 1 amide bonds. The summed E-state index contributed by atoms with van der Waals surface area (Å²) in [5.41, 5.74) is 0.612. The zero-order chi connectivity index (χ0) is 23.4. The van der Waals surface area contributed by atoms with Gasteiger partial charge in [0.1, 0.15) is 0 Å². The van der Waals surface area contributed by atoms with Gasteiger partial charge >= 0.3 is 0 Å². The van der Waals surface area contributed by atoms with Crippen molar-refractivity contribution in [2.75, 3.05) is 26.2 Å². The Morgan fingerprint density at radius 2 is 1.88 bits per heavy atom. The molecule has 7 nitrogen and oxygen atoms in total. The van der Waals surface area contributed by atoms with E-state index < -0.39 is 11.4 Å². The first-order valence-electron chi connectivity index (χ1n) is 12.3. The Balaban J connectivity index is 1.47. The molecular weight excluding hydrogens is 436 g/mol. The molecule has 0 spiro atoms. The van der Waals surface area contributed by atoms with Crippen LogP contribution in [0.1, 0.15) is 69.2 Å².